The summed E-state index contributed by atoms with van der Waals surface area (Å²) in [6.45, 7) is 12.4. The Morgan fingerprint density at radius 3 is 2.51 bits per heavy atom. The van der Waals surface area contributed by atoms with Crippen LogP contribution in [-0.2, 0) is 11.8 Å². The molecule has 0 bridgehead atoms. The van der Waals surface area contributed by atoms with Crippen molar-refractivity contribution in [1.29, 1.82) is 0 Å². The highest BCUT2D eigenvalue weighted by Crippen LogP contribution is 2.45. The van der Waals surface area contributed by atoms with Gasteiger partial charge in [-0.15, -0.1) is 0 Å². The molecule has 10 heteroatoms. The van der Waals surface area contributed by atoms with E-state index < -0.39 is 6.04 Å². The molecule has 5 rings (SSSR count). The van der Waals surface area contributed by atoms with Crippen LogP contribution in [0.3, 0.4) is 0 Å². The van der Waals surface area contributed by atoms with Gasteiger partial charge < -0.3 is 20.1 Å². The van der Waals surface area contributed by atoms with Gasteiger partial charge in [-0.25, -0.2) is 9.78 Å². The van der Waals surface area contributed by atoms with Crippen LogP contribution in [0.4, 0.5) is 4.79 Å². The third-order valence-corrected chi connectivity index (χ3v) is 8.27. The average Bonchev–Trinajstić information content (AvgIpc) is 3.26. The third kappa shape index (κ3) is 6.11. The number of benzene rings is 1. The van der Waals surface area contributed by atoms with Gasteiger partial charge in [-0.1, -0.05) is 36.7 Å². The van der Waals surface area contributed by atoms with Crippen LogP contribution in [0.15, 0.2) is 54.1 Å². The number of piperazine rings is 1. The minimum absolute atomic E-state index is 0.0119. The van der Waals surface area contributed by atoms with E-state index in [1.807, 2.05) is 55.6 Å². The molecule has 9 nitrogen and oxygen atoms in total. The molecule has 2 aliphatic heterocycles. The first-order valence-electron chi connectivity index (χ1n) is 14.2. The predicted molar refractivity (Wildman–Crippen MR) is 163 cm³/mol. The second kappa shape index (κ2) is 11.4. The average molecular weight is 578 g/mol. The van der Waals surface area contributed by atoms with Crippen molar-refractivity contribution >= 4 is 34.8 Å². The Bertz CT molecular complexity index is 1410. The van der Waals surface area contributed by atoms with Gasteiger partial charge in [-0.05, 0) is 55.5 Å². The minimum atomic E-state index is -0.423. The van der Waals surface area contributed by atoms with E-state index >= 15 is 0 Å². The smallest absolute Gasteiger partial charge is 0.317 e. The normalized spacial score (nSPS) is 23.5. The van der Waals surface area contributed by atoms with Gasteiger partial charge in [0.15, 0.2) is 0 Å². The van der Waals surface area contributed by atoms with Crippen LogP contribution in [0.25, 0.3) is 5.57 Å². The number of carbonyl (C=O) groups excluding carboxylic acids is 2. The number of hydrogen-bond donors (Lipinski definition) is 2. The lowest BCUT2D eigenvalue weighted by Gasteiger charge is -2.42. The number of aromatic nitrogens is 2. The fraction of sp³-hybridized carbons (Fsp3) is 0.484. The zero-order chi connectivity index (χ0) is 29.5. The summed E-state index contributed by atoms with van der Waals surface area (Å²) in [6.07, 6.45) is 9.86. The summed E-state index contributed by atoms with van der Waals surface area (Å²) < 4.78 is 1.94. The fourth-order valence-corrected chi connectivity index (χ4v) is 6.24. The Morgan fingerprint density at radius 2 is 1.88 bits per heavy atom. The van der Waals surface area contributed by atoms with Crippen molar-refractivity contribution in [1.82, 2.24) is 30.0 Å². The molecule has 3 heterocycles. The highest BCUT2D eigenvalue weighted by Gasteiger charge is 2.40. The Morgan fingerprint density at radius 1 is 1.15 bits per heavy atom. The first kappa shape index (κ1) is 29.1. The van der Waals surface area contributed by atoms with Crippen LogP contribution < -0.4 is 10.6 Å². The number of nitrogens with one attached hydrogen (secondary N) is 2. The molecule has 1 fully saturated rings. The number of fused-ring (bicyclic) bond motifs is 2. The molecule has 3 aliphatic rings. The summed E-state index contributed by atoms with van der Waals surface area (Å²) in [4.78, 5) is 39.1. The van der Waals surface area contributed by atoms with Crippen LogP contribution >= 0.6 is 11.6 Å². The van der Waals surface area contributed by atoms with Crippen molar-refractivity contribution in [3.05, 3.63) is 70.9 Å². The highest BCUT2D eigenvalue weighted by atomic mass is 35.5. The SMILES string of the molecule is CC(=O)NC(C1=CC2C(=NC=CC2C)[C@@H](N2CCN(C(=O)NC(C)(C)C)CC2)c2ccc(Cl)cc21)c1cncn1C. The number of halogens is 1. The number of allylic oxidation sites excluding steroid dienone is 2. The Hall–Kier alpha value is -3.43. The van der Waals surface area contributed by atoms with Gasteiger partial charge in [0, 0.05) is 68.5 Å². The number of aryl methyl sites for hydroxylation is 1. The molecular weight excluding hydrogens is 538 g/mol. The van der Waals surface area contributed by atoms with Gasteiger partial charge in [-0.3, -0.25) is 14.7 Å². The zero-order valence-corrected chi connectivity index (χ0v) is 25.4. The maximum absolute atomic E-state index is 12.9. The van der Waals surface area contributed by atoms with Crippen LogP contribution in [-0.4, -0.2) is 68.7 Å². The summed E-state index contributed by atoms with van der Waals surface area (Å²) in [5.41, 5.74) is 4.71. The first-order valence-corrected chi connectivity index (χ1v) is 14.6. The molecule has 1 aliphatic carbocycles. The molecule has 41 heavy (non-hydrogen) atoms. The van der Waals surface area contributed by atoms with E-state index in [4.69, 9.17) is 16.6 Å². The molecule has 0 radical (unpaired) electrons. The zero-order valence-electron chi connectivity index (χ0n) is 24.7. The second-order valence-electron chi connectivity index (χ2n) is 12.3. The quantitative estimate of drug-likeness (QED) is 0.549. The van der Waals surface area contributed by atoms with Gasteiger partial charge in [0.2, 0.25) is 5.91 Å². The lowest BCUT2D eigenvalue weighted by Crippen LogP contribution is -2.56. The van der Waals surface area contributed by atoms with Crippen molar-refractivity contribution in [2.24, 2.45) is 23.9 Å². The van der Waals surface area contributed by atoms with E-state index in [0.717, 1.165) is 28.1 Å². The standard InChI is InChI=1S/C31H40ClN7O2/c1-19-9-10-34-28-23(19)16-25(27(35-20(2)40)26-17-33-18-37(26)6)24-15-21(32)7-8-22(24)29(28)38-11-13-39(14-12-38)30(41)36-31(3,4)5/h7-10,15-19,23,27,29H,11-14H2,1-6H3,(H,35,40)(H,36,41)/t19?,23?,27?,29-/m0/s1. The molecule has 3 unspecified atom stereocenters. The molecule has 1 aromatic carbocycles. The summed E-state index contributed by atoms with van der Waals surface area (Å²) >= 11 is 6.64. The van der Waals surface area contributed by atoms with Crippen molar-refractivity contribution in [2.75, 3.05) is 26.2 Å². The number of nitrogens with zero attached hydrogens (tertiary/aromatic N) is 5. The molecular formula is C31H40ClN7O2. The molecule has 0 spiro atoms. The molecule has 1 aromatic heterocycles. The first-order chi connectivity index (χ1) is 19.4. The van der Waals surface area contributed by atoms with Crippen molar-refractivity contribution < 1.29 is 9.59 Å². The van der Waals surface area contributed by atoms with E-state index in [1.165, 1.54) is 6.92 Å². The Balaban J connectivity index is 1.58. The fourth-order valence-electron chi connectivity index (χ4n) is 6.07. The number of amides is 3. The maximum atomic E-state index is 12.9. The minimum Gasteiger partial charge on any atom is -0.344 e. The van der Waals surface area contributed by atoms with Crippen LogP contribution in [0.1, 0.15) is 63.5 Å². The molecule has 1 saturated heterocycles. The monoisotopic (exact) mass is 577 g/mol. The van der Waals surface area contributed by atoms with Crippen molar-refractivity contribution in [3.8, 4) is 0 Å². The Labute approximate surface area is 247 Å². The van der Waals surface area contributed by atoms with Gasteiger partial charge in [-0.2, -0.15) is 0 Å². The van der Waals surface area contributed by atoms with Gasteiger partial charge in [0.25, 0.3) is 0 Å². The van der Waals surface area contributed by atoms with Gasteiger partial charge in [0.1, 0.15) is 0 Å². The summed E-state index contributed by atoms with van der Waals surface area (Å²) in [5, 5.41) is 6.90. The number of imidazole rings is 1. The molecule has 3 amide bonds. The van der Waals surface area contributed by atoms with Gasteiger partial charge in [0.05, 0.1) is 30.3 Å². The van der Waals surface area contributed by atoms with Crippen LogP contribution in [0, 0.1) is 11.8 Å². The lowest BCUT2D eigenvalue weighted by molar-refractivity contribution is -0.119. The van der Waals surface area contributed by atoms with Crippen LogP contribution in [0.2, 0.25) is 5.02 Å². The summed E-state index contributed by atoms with van der Waals surface area (Å²) in [6, 6.07) is 5.46. The Kier molecular flexibility index (Phi) is 8.12. The third-order valence-electron chi connectivity index (χ3n) is 8.04. The van der Waals surface area contributed by atoms with Crippen LogP contribution in [0.5, 0.6) is 0 Å². The molecule has 4 atom stereocenters. The number of aliphatic imine (C=N–C) groups is 1. The second-order valence-corrected chi connectivity index (χ2v) is 12.7. The molecule has 0 saturated carbocycles. The number of urea groups is 1. The number of rotatable bonds is 4. The van der Waals surface area contributed by atoms with Crippen molar-refractivity contribution in [2.45, 2.75) is 52.2 Å². The van der Waals surface area contributed by atoms with Gasteiger partial charge >= 0.3 is 6.03 Å². The largest absolute Gasteiger partial charge is 0.344 e. The molecule has 2 N–H and O–H groups in total. The predicted octanol–water partition coefficient (Wildman–Crippen LogP) is 4.74. The topological polar surface area (TPSA) is 94.9 Å². The van der Waals surface area contributed by atoms with E-state index in [-0.39, 0.29) is 35.4 Å². The lowest BCUT2D eigenvalue weighted by atomic mass is 9.82. The van der Waals surface area contributed by atoms with Crippen molar-refractivity contribution in [3.63, 3.8) is 0 Å². The highest BCUT2D eigenvalue weighted by molar-refractivity contribution is 6.30. The van der Waals surface area contributed by atoms with E-state index in [2.05, 4.69) is 45.7 Å². The van der Waals surface area contributed by atoms with E-state index in [0.29, 0.717) is 31.2 Å². The van der Waals surface area contributed by atoms with E-state index in [9.17, 15) is 9.59 Å². The summed E-state index contributed by atoms with van der Waals surface area (Å²) in [5.74, 6) is 0.0858. The molecule has 2 aromatic rings. The summed E-state index contributed by atoms with van der Waals surface area (Å²) in [7, 11) is 1.93. The number of carbonyl (C=O) groups is 2. The number of hydrogen-bond acceptors (Lipinski definition) is 5. The maximum Gasteiger partial charge on any atom is 0.317 e. The molecule has 218 valence electrons. The van der Waals surface area contributed by atoms with E-state index in [1.54, 1.807) is 12.5 Å².